The van der Waals surface area contributed by atoms with Gasteiger partial charge in [0.25, 0.3) is 10.1 Å². The minimum atomic E-state index is -4.19. The first-order chi connectivity index (χ1) is 11.2. The Kier molecular flexibility index (Phi) is 4.04. The van der Waals surface area contributed by atoms with Crippen LogP contribution in [0.4, 0.5) is 5.69 Å². The van der Waals surface area contributed by atoms with E-state index < -0.39 is 15.4 Å². The average molecular weight is 345 g/mol. The first-order valence-electron chi connectivity index (χ1n) is 8.26. The van der Waals surface area contributed by atoms with Gasteiger partial charge in [-0.15, -0.1) is 0 Å². The van der Waals surface area contributed by atoms with E-state index in [1.807, 2.05) is 38.1 Å². The van der Waals surface area contributed by atoms with Gasteiger partial charge in [-0.3, -0.25) is 9.55 Å². The molecule has 0 spiro atoms. The quantitative estimate of drug-likeness (QED) is 0.797. The SMILES string of the molecule is CCCC(c1cc2ccccc2c2c1N=C(C)C2(C)C)S(=O)(=O)O. The molecular weight excluding hydrogens is 322 g/mol. The second kappa shape index (κ2) is 5.67. The second-order valence-corrected chi connectivity index (χ2v) is 8.62. The molecule has 0 saturated heterocycles. The molecule has 1 heterocycles. The van der Waals surface area contributed by atoms with E-state index in [1.54, 1.807) is 0 Å². The zero-order valence-electron chi connectivity index (χ0n) is 14.5. The van der Waals surface area contributed by atoms with Gasteiger partial charge in [0.2, 0.25) is 0 Å². The Morgan fingerprint density at radius 1 is 1.25 bits per heavy atom. The molecule has 2 aromatic rings. The highest BCUT2D eigenvalue weighted by Gasteiger charge is 2.38. The van der Waals surface area contributed by atoms with Gasteiger partial charge in [0, 0.05) is 11.1 Å². The summed E-state index contributed by atoms with van der Waals surface area (Å²) in [4.78, 5) is 4.71. The minimum Gasteiger partial charge on any atom is -0.285 e. The van der Waals surface area contributed by atoms with Crippen LogP contribution >= 0.6 is 0 Å². The fourth-order valence-corrected chi connectivity index (χ4v) is 4.61. The van der Waals surface area contributed by atoms with Crippen molar-refractivity contribution < 1.29 is 13.0 Å². The first kappa shape index (κ1) is 17.1. The fraction of sp³-hybridized carbons (Fsp3) is 0.421. The lowest BCUT2D eigenvalue weighted by Crippen LogP contribution is -2.23. The molecule has 0 aliphatic carbocycles. The first-order valence-corrected chi connectivity index (χ1v) is 9.76. The summed E-state index contributed by atoms with van der Waals surface area (Å²) < 4.78 is 33.8. The molecule has 24 heavy (non-hydrogen) atoms. The lowest BCUT2D eigenvalue weighted by atomic mass is 9.78. The number of nitrogens with zero attached hydrogens (tertiary/aromatic N) is 1. The monoisotopic (exact) mass is 345 g/mol. The summed E-state index contributed by atoms with van der Waals surface area (Å²) in [5.41, 5.74) is 3.07. The van der Waals surface area contributed by atoms with Crippen LogP contribution in [-0.4, -0.2) is 18.7 Å². The summed E-state index contributed by atoms with van der Waals surface area (Å²) in [6.07, 6.45) is 1.04. The van der Waals surface area contributed by atoms with E-state index in [0.717, 1.165) is 22.0 Å². The maximum Gasteiger partial charge on any atom is 0.272 e. The van der Waals surface area contributed by atoms with Crippen molar-refractivity contribution in [3.8, 4) is 0 Å². The van der Waals surface area contributed by atoms with Gasteiger partial charge in [-0.05, 0) is 41.3 Å². The zero-order valence-corrected chi connectivity index (χ0v) is 15.3. The summed E-state index contributed by atoms with van der Waals surface area (Å²) in [6, 6.07) is 9.83. The Morgan fingerprint density at radius 3 is 2.54 bits per heavy atom. The third kappa shape index (κ3) is 2.56. The highest BCUT2D eigenvalue weighted by atomic mass is 32.2. The Bertz CT molecular complexity index is 942. The lowest BCUT2D eigenvalue weighted by molar-refractivity contribution is 0.463. The van der Waals surface area contributed by atoms with Crippen molar-refractivity contribution in [2.24, 2.45) is 4.99 Å². The van der Waals surface area contributed by atoms with Crippen LogP contribution in [0.3, 0.4) is 0 Å². The molecule has 1 N–H and O–H groups in total. The van der Waals surface area contributed by atoms with E-state index >= 15 is 0 Å². The van der Waals surface area contributed by atoms with E-state index in [9.17, 15) is 13.0 Å². The average Bonchev–Trinajstić information content (AvgIpc) is 2.74. The molecule has 2 aromatic carbocycles. The molecule has 0 aromatic heterocycles. The molecule has 1 aliphatic rings. The molecule has 3 rings (SSSR count). The Morgan fingerprint density at radius 2 is 1.92 bits per heavy atom. The van der Waals surface area contributed by atoms with Crippen molar-refractivity contribution in [1.82, 2.24) is 0 Å². The van der Waals surface area contributed by atoms with Crippen molar-refractivity contribution in [3.63, 3.8) is 0 Å². The molecule has 1 atom stereocenters. The van der Waals surface area contributed by atoms with Crippen LogP contribution in [0.25, 0.3) is 10.8 Å². The molecular formula is C19H23NO3S. The fourth-order valence-electron chi connectivity index (χ4n) is 3.57. The normalized spacial score (nSPS) is 17.6. The third-order valence-electron chi connectivity index (χ3n) is 5.12. The van der Waals surface area contributed by atoms with Crippen LogP contribution < -0.4 is 0 Å². The van der Waals surface area contributed by atoms with Gasteiger partial charge in [0.05, 0.1) is 5.69 Å². The van der Waals surface area contributed by atoms with Gasteiger partial charge < -0.3 is 0 Å². The molecule has 0 bridgehead atoms. The van der Waals surface area contributed by atoms with E-state index in [2.05, 4.69) is 19.9 Å². The van der Waals surface area contributed by atoms with E-state index in [1.165, 1.54) is 0 Å². The molecule has 0 amide bonds. The Labute approximate surface area is 143 Å². The number of benzene rings is 2. The van der Waals surface area contributed by atoms with Crippen LogP contribution in [-0.2, 0) is 15.5 Å². The molecule has 1 unspecified atom stereocenters. The molecule has 0 saturated carbocycles. The largest absolute Gasteiger partial charge is 0.285 e. The number of aliphatic imine (C=N–C) groups is 1. The van der Waals surface area contributed by atoms with Crippen LogP contribution in [0.5, 0.6) is 0 Å². The molecule has 4 nitrogen and oxygen atoms in total. The predicted octanol–water partition coefficient (Wildman–Crippen LogP) is 4.95. The summed E-state index contributed by atoms with van der Waals surface area (Å²) in [7, 11) is -4.19. The number of rotatable bonds is 4. The highest BCUT2D eigenvalue weighted by molar-refractivity contribution is 7.86. The molecule has 5 heteroatoms. The van der Waals surface area contributed by atoms with E-state index in [-0.39, 0.29) is 5.41 Å². The smallest absolute Gasteiger partial charge is 0.272 e. The zero-order chi connectivity index (χ0) is 17.7. The lowest BCUT2D eigenvalue weighted by Gasteiger charge is -2.24. The summed E-state index contributed by atoms with van der Waals surface area (Å²) in [5, 5.41) is 1.13. The van der Waals surface area contributed by atoms with E-state index in [0.29, 0.717) is 24.1 Å². The van der Waals surface area contributed by atoms with Crippen molar-refractivity contribution in [2.45, 2.75) is 51.2 Å². The summed E-state index contributed by atoms with van der Waals surface area (Å²) in [5.74, 6) is 0. The van der Waals surface area contributed by atoms with Gasteiger partial charge in [-0.25, -0.2) is 0 Å². The maximum atomic E-state index is 12.0. The van der Waals surface area contributed by atoms with Crippen molar-refractivity contribution >= 4 is 32.3 Å². The number of hydrogen-bond donors (Lipinski definition) is 1. The van der Waals surface area contributed by atoms with Crippen LogP contribution in [0.2, 0.25) is 0 Å². The van der Waals surface area contributed by atoms with Crippen molar-refractivity contribution in [3.05, 3.63) is 41.5 Å². The van der Waals surface area contributed by atoms with Gasteiger partial charge in [0.1, 0.15) is 5.25 Å². The van der Waals surface area contributed by atoms with E-state index in [4.69, 9.17) is 4.99 Å². The standard InChI is InChI=1S/C19H23NO3S/c1-5-8-16(24(21,22)23)15-11-13-9-6-7-10-14(13)17-18(15)20-12(2)19(17,3)4/h6-7,9-11,16H,5,8H2,1-4H3,(H,21,22,23). The Balaban J connectivity index is 2.41. The van der Waals surface area contributed by atoms with Crippen molar-refractivity contribution in [1.29, 1.82) is 0 Å². The van der Waals surface area contributed by atoms with Gasteiger partial charge in [0.15, 0.2) is 0 Å². The third-order valence-corrected chi connectivity index (χ3v) is 6.33. The Hall–Kier alpha value is -1.72. The second-order valence-electron chi connectivity index (χ2n) is 7.03. The van der Waals surface area contributed by atoms with Gasteiger partial charge in [-0.1, -0.05) is 51.5 Å². The molecule has 0 radical (unpaired) electrons. The molecule has 1 aliphatic heterocycles. The molecule has 0 fully saturated rings. The van der Waals surface area contributed by atoms with Crippen LogP contribution in [0.1, 0.15) is 56.9 Å². The predicted molar refractivity (Wildman–Crippen MR) is 98.9 cm³/mol. The van der Waals surface area contributed by atoms with Crippen LogP contribution in [0.15, 0.2) is 35.3 Å². The van der Waals surface area contributed by atoms with Crippen molar-refractivity contribution in [2.75, 3.05) is 0 Å². The highest BCUT2D eigenvalue weighted by Crippen LogP contribution is 2.49. The molecule has 128 valence electrons. The van der Waals surface area contributed by atoms with Gasteiger partial charge >= 0.3 is 0 Å². The summed E-state index contributed by atoms with van der Waals surface area (Å²) in [6.45, 7) is 8.10. The maximum absolute atomic E-state index is 12.0. The number of fused-ring (bicyclic) bond motifs is 3. The minimum absolute atomic E-state index is 0.263. The van der Waals surface area contributed by atoms with Gasteiger partial charge in [-0.2, -0.15) is 8.42 Å². The van der Waals surface area contributed by atoms with Crippen LogP contribution in [0, 0.1) is 0 Å². The number of hydrogen-bond acceptors (Lipinski definition) is 3. The topological polar surface area (TPSA) is 66.7 Å². The summed E-state index contributed by atoms with van der Waals surface area (Å²) >= 11 is 0.